The van der Waals surface area contributed by atoms with Crippen LogP contribution in [0, 0.1) is 11.8 Å². The predicted octanol–water partition coefficient (Wildman–Crippen LogP) is 4.02. The van der Waals surface area contributed by atoms with Gasteiger partial charge in [0.1, 0.15) is 17.6 Å². The van der Waals surface area contributed by atoms with Crippen molar-refractivity contribution in [1.82, 2.24) is 5.32 Å². The summed E-state index contributed by atoms with van der Waals surface area (Å²) in [5, 5.41) is 13.4. The predicted molar refractivity (Wildman–Crippen MR) is 127 cm³/mol. The molecule has 1 amide bonds. The molecule has 0 fully saturated rings. The average molecular weight is 476 g/mol. The van der Waals surface area contributed by atoms with Gasteiger partial charge in [-0.15, -0.1) is 17.3 Å². The molecule has 0 radical (unpaired) electrons. The number of thiophene rings is 1. The van der Waals surface area contributed by atoms with Crippen LogP contribution in [-0.2, 0) is 26.8 Å². The van der Waals surface area contributed by atoms with Crippen molar-refractivity contribution in [3.05, 3.63) is 46.7 Å². The van der Waals surface area contributed by atoms with E-state index in [1.165, 1.54) is 4.88 Å². The minimum Gasteiger partial charge on any atom is -0.481 e. The van der Waals surface area contributed by atoms with E-state index in [1.807, 2.05) is 11.4 Å². The Morgan fingerprint density at radius 3 is 2.62 bits per heavy atom. The number of unbranched alkanes of at least 4 members (excludes halogenated alkanes) is 1. The molecule has 2 N–H and O–H groups in total. The number of ether oxygens (including phenoxy) is 1. The fourth-order valence-corrected chi connectivity index (χ4v) is 5.04. The van der Waals surface area contributed by atoms with E-state index >= 15 is 0 Å². The van der Waals surface area contributed by atoms with Crippen LogP contribution in [0.25, 0.3) is 0 Å². The van der Waals surface area contributed by atoms with Gasteiger partial charge in [-0.05, 0) is 74.7 Å². The molecule has 0 aliphatic carbocycles. The number of hydrogen-bond donors (Lipinski definition) is 2. The fraction of sp³-hybridized carbons (Fsp3) is 0.417. The molecule has 0 saturated carbocycles. The lowest BCUT2D eigenvalue weighted by molar-refractivity contribution is -0.136. The minimum atomic E-state index is -1.67. The van der Waals surface area contributed by atoms with Crippen molar-refractivity contribution in [3.63, 3.8) is 0 Å². The minimum absolute atomic E-state index is 0.00661. The van der Waals surface area contributed by atoms with Crippen LogP contribution >= 0.6 is 11.3 Å². The molecule has 6 nitrogen and oxygen atoms in total. The van der Waals surface area contributed by atoms with Crippen molar-refractivity contribution in [3.8, 4) is 17.6 Å². The lowest BCUT2D eigenvalue weighted by atomic mass is 10.2. The van der Waals surface area contributed by atoms with Crippen LogP contribution in [0.1, 0.15) is 43.9 Å². The van der Waals surface area contributed by atoms with Crippen molar-refractivity contribution < 1.29 is 23.6 Å². The summed E-state index contributed by atoms with van der Waals surface area (Å²) >= 11 is 1.69. The number of rotatable bonds is 14. The molecule has 1 aromatic carbocycles. The van der Waals surface area contributed by atoms with Gasteiger partial charge in [0.15, 0.2) is 0 Å². The summed E-state index contributed by atoms with van der Waals surface area (Å²) in [7, 11) is -1.67. The monoisotopic (exact) mass is 475 g/mol. The molecule has 0 saturated heterocycles. The second-order valence-corrected chi connectivity index (χ2v) is 9.76. The topological polar surface area (TPSA) is 92.7 Å². The highest BCUT2D eigenvalue weighted by molar-refractivity contribution is 7.86. The Labute approximate surface area is 195 Å². The number of amides is 1. The Morgan fingerprint density at radius 2 is 1.97 bits per heavy atom. The Bertz CT molecular complexity index is 930. The van der Waals surface area contributed by atoms with Gasteiger partial charge in [0.2, 0.25) is 5.91 Å². The van der Waals surface area contributed by atoms with E-state index in [1.54, 1.807) is 42.5 Å². The number of carbonyl (C=O) groups is 2. The first-order valence-electron chi connectivity index (χ1n) is 10.6. The highest BCUT2D eigenvalue weighted by Gasteiger charge is 2.25. The number of aliphatic carboxylic acids is 1. The summed E-state index contributed by atoms with van der Waals surface area (Å²) in [4.78, 5) is 25.3. The van der Waals surface area contributed by atoms with E-state index in [2.05, 4.69) is 23.2 Å². The zero-order valence-corrected chi connectivity index (χ0v) is 19.8. The smallest absolute Gasteiger partial charge is 0.319 e. The van der Waals surface area contributed by atoms with Gasteiger partial charge in [-0.3, -0.25) is 13.8 Å². The molecule has 0 bridgehead atoms. The molecule has 2 rings (SSSR count). The number of hydrogen-bond acceptors (Lipinski definition) is 5. The molecule has 2 aromatic rings. The third kappa shape index (κ3) is 9.25. The Kier molecular flexibility index (Phi) is 11.6. The SMILES string of the molecule is CC#CCOc1ccc(S(=O)C(CCCCNC(=O)CCCc2cccs2)C(=O)O)cc1. The molecule has 1 aromatic heterocycles. The molecule has 2 unspecified atom stereocenters. The summed E-state index contributed by atoms with van der Waals surface area (Å²) in [6, 6.07) is 10.6. The van der Waals surface area contributed by atoms with Gasteiger partial charge in [0.25, 0.3) is 0 Å². The summed E-state index contributed by atoms with van der Waals surface area (Å²) in [6.45, 7) is 2.48. The zero-order chi connectivity index (χ0) is 23.2. The maximum atomic E-state index is 12.7. The summed E-state index contributed by atoms with van der Waals surface area (Å²) in [5.74, 6) is 5.03. The number of nitrogens with one attached hydrogen (secondary N) is 1. The molecule has 8 heteroatoms. The van der Waals surface area contributed by atoms with Crippen LogP contribution in [-0.4, -0.2) is 39.6 Å². The highest BCUT2D eigenvalue weighted by atomic mass is 32.2. The van der Waals surface area contributed by atoms with E-state index in [4.69, 9.17) is 4.74 Å². The largest absolute Gasteiger partial charge is 0.481 e. The number of carboxylic acid groups (broad SMARTS) is 1. The molecule has 2 atom stereocenters. The fourth-order valence-electron chi connectivity index (χ4n) is 3.00. The number of carboxylic acids is 1. The van der Waals surface area contributed by atoms with Crippen LogP contribution in [0.3, 0.4) is 0 Å². The van der Waals surface area contributed by atoms with Gasteiger partial charge in [-0.25, -0.2) is 0 Å². The molecular formula is C24H29NO5S2. The molecular weight excluding hydrogens is 446 g/mol. The first-order chi connectivity index (χ1) is 15.5. The molecule has 172 valence electrons. The number of benzene rings is 1. The zero-order valence-electron chi connectivity index (χ0n) is 18.2. The quantitative estimate of drug-likeness (QED) is 0.318. The standard InChI is InChI=1S/C24H29NO5S2/c1-2-3-17-30-19-12-14-21(15-13-19)32(29)22(24(27)28)10-4-5-16-25-23(26)11-6-8-20-9-7-18-31-20/h7,9,12-15,18,22H,4-6,8,10-11,16-17H2,1H3,(H,25,26)(H,27,28). The Morgan fingerprint density at radius 1 is 1.19 bits per heavy atom. The summed E-state index contributed by atoms with van der Waals surface area (Å²) < 4.78 is 18.2. The third-order valence-electron chi connectivity index (χ3n) is 4.70. The maximum Gasteiger partial charge on any atom is 0.319 e. The van der Waals surface area contributed by atoms with Crippen LogP contribution in [0.5, 0.6) is 5.75 Å². The molecule has 0 aliphatic rings. The van der Waals surface area contributed by atoms with Gasteiger partial charge < -0.3 is 15.2 Å². The molecule has 1 heterocycles. The first kappa shape index (κ1) is 25.6. The van der Waals surface area contributed by atoms with Gasteiger partial charge in [-0.2, -0.15) is 0 Å². The maximum absolute atomic E-state index is 12.7. The van der Waals surface area contributed by atoms with E-state index in [0.29, 0.717) is 36.5 Å². The lowest BCUT2D eigenvalue weighted by Crippen LogP contribution is -2.27. The average Bonchev–Trinajstić information content (AvgIpc) is 3.30. The third-order valence-corrected chi connectivity index (χ3v) is 7.33. The number of aryl methyl sites for hydroxylation is 1. The number of carbonyl (C=O) groups excluding carboxylic acids is 1. The molecule has 0 aliphatic heterocycles. The van der Waals surface area contributed by atoms with Crippen molar-refractivity contribution in [2.24, 2.45) is 0 Å². The van der Waals surface area contributed by atoms with Crippen molar-refractivity contribution >= 4 is 34.0 Å². The van der Waals surface area contributed by atoms with E-state index in [9.17, 15) is 18.9 Å². The van der Waals surface area contributed by atoms with E-state index in [0.717, 1.165) is 12.8 Å². The van der Waals surface area contributed by atoms with Crippen molar-refractivity contribution in [1.29, 1.82) is 0 Å². The normalized spacial score (nSPS) is 12.3. The summed E-state index contributed by atoms with van der Waals surface area (Å²) in [6.07, 6.45) is 3.67. The van der Waals surface area contributed by atoms with Crippen LogP contribution in [0.4, 0.5) is 0 Å². The van der Waals surface area contributed by atoms with Gasteiger partial charge >= 0.3 is 5.97 Å². The van der Waals surface area contributed by atoms with Crippen molar-refractivity contribution in [2.45, 2.75) is 55.6 Å². The highest BCUT2D eigenvalue weighted by Crippen LogP contribution is 2.20. The van der Waals surface area contributed by atoms with Gasteiger partial charge in [0.05, 0.1) is 10.8 Å². The van der Waals surface area contributed by atoms with Crippen LogP contribution < -0.4 is 10.1 Å². The molecule has 0 spiro atoms. The Hall–Kier alpha value is -2.63. The lowest BCUT2D eigenvalue weighted by Gasteiger charge is -2.13. The second-order valence-electron chi connectivity index (χ2n) is 7.09. The van der Waals surface area contributed by atoms with Crippen LogP contribution in [0.2, 0.25) is 0 Å². The van der Waals surface area contributed by atoms with Crippen molar-refractivity contribution in [2.75, 3.05) is 13.2 Å². The Balaban J connectivity index is 1.69. The summed E-state index contributed by atoms with van der Waals surface area (Å²) in [5.41, 5.74) is 0. The van der Waals surface area contributed by atoms with Crippen LogP contribution in [0.15, 0.2) is 46.7 Å². The van der Waals surface area contributed by atoms with Gasteiger partial charge in [-0.1, -0.05) is 12.0 Å². The molecule has 32 heavy (non-hydrogen) atoms. The van der Waals surface area contributed by atoms with Gasteiger partial charge in [0, 0.05) is 22.7 Å². The van der Waals surface area contributed by atoms with E-state index in [-0.39, 0.29) is 18.9 Å². The second kappa shape index (κ2) is 14.4. The van der Waals surface area contributed by atoms with E-state index < -0.39 is 22.0 Å². The first-order valence-corrected chi connectivity index (χ1v) is 12.7.